The van der Waals surface area contributed by atoms with Crippen molar-refractivity contribution in [3.05, 3.63) is 75.6 Å². The van der Waals surface area contributed by atoms with Gasteiger partial charge in [0.2, 0.25) is 0 Å². The van der Waals surface area contributed by atoms with Crippen LogP contribution in [0.1, 0.15) is 21.5 Å². The minimum Gasteiger partial charge on any atom is -0.508 e. The number of benzene rings is 2. The first-order chi connectivity index (χ1) is 13.5. The highest BCUT2D eigenvalue weighted by atomic mass is 16.4. The molecule has 0 aliphatic carbocycles. The lowest BCUT2D eigenvalue weighted by Gasteiger charge is -2.32. The molecule has 6 heteroatoms. The first-order valence-corrected chi connectivity index (χ1v) is 9.46. The standard InChI is InChI=1S/C22H22N2O4/c1-15-19(25)8-7-18-17(13-20(26)28-21(15)18)14-23-9-11-24(12-10-23)22(27)16-5-3-2-4-6-16/h2-8,13,25H,9-12,14H2,1H3/p+1. The van der Waals surface area contributed by atoms with E-state index in [2.05, 4.69) is 0 Å². The van der Waals surface area contributed by atoms with E-state index in [1.807, 2.05) is 35.2 Å². The van der Waals surface area contributed by atoms with Gasteiger partial charge in [-0.1, -0.05) is 18.2 Å². The Bertz CT molecular complexity index is 1070. The summed E-state index contributed by atoms with van der Waals surface area (Å²) in [5.74, 6) is 0.185. The van der Waals surface area contributed by atoms with Gasteiger partial charge >= 0.3 is 5.63 Å². The fraction of sp³-hybridized carbons (Fsp3) is 0.273. The lowest BCUT2D eigenvalue weighted by atomic mass is 10.1. The Morgan fingerprint density at radius 3 is 2.57 bits per heavy atom. The van der Waals surface area contributed by atoms with Crippen molar-refractivity contribution in [1.29, 1.82) is 0 Å². The molecule has 1 fully saturated rings. The van der Waals surface area contributed by atoms with Crippen LogP contribution in [0.15, 0.2) is 57.7 Å². The van der Waals surface area contributed by atoms with Crippen LogP contribution < -0.4 is 10.5 Å². The van der Waals surface area contributed by atoms with Crippen molar-refractivity contribution < 1.29 is 19.2 Å². The number of nitrogens with one attached hydrogen (secondary N) is 1. The molecule has 2 aromatic carbocycles. The summed E-state index contributed by atoms with van der Waals surface area (Å²) in [7, 11) is 0. The summed E-state index contributed by atoms with van der Waals surface area (Å²) in [4.78, 5) is 27.8. The van der Waals surface area contributed by atoms with Crippen molar-refractivity contribution in [3.8, 4) is 5.75 Å². The maximum Gasteiger partial charge on any atom is 0.336 e. The van der Waals surface area contributed by atoms with Gasteiger partial charge in [-0.3, -0.25) is 4.79 Å². The number of hydrogen-bond donors (Lipinski definition) is 2. The minimum atomic E-state index is -0.409. The molecule has 2 N–H and O–H groups in total. The van der Waals surface area contributed by atoms with Crippen molar-refractivity contribution in [2.45, 2.75) is 13.5 Å². The molecule has 1 aliphatic rings. The molecule has 0 atom stereocenters. The monoisotopic (exact) mass is 379 g/mol. The number of nitrogens with zero attached hydrogens (tertiary/aromatic N) is 1. The summed E-state index contributed by atoms with van der Waals surface area (Å²) in [5.41, 5.74) is 2.23. The van der Waals surface area contributed by atoms with Crippen LogP contribution in [0.2, 0.25) is 0 Å². The predicted molar refractivity (Wildman–Crippen MR) is 106 cm³/mol. The predicted octanol–water partition coefficient (Wildman–Crippen LogP) is 1.35. The SMILES string of the molecule is Cc1c(O)ccc2c(C[NH+]3CCN(C(=O)c4ccccc4)CC3)cc(=O)oc12. The van der Waals surface area contributed by atoms with Crippen molar-refractivity contribution >= 4 is 16.9 Å². The van der Waals surface area contributed by atoms with Crippen LogP contribution in [0.4, 0.5) is 0 Å². The van der Waals surface area contributed by atoms with E-state index < -0.39 is 5.63 Å². The fourth-order valence-electron chi connectivity index (χ4n) is 3.80. The molecule has 1 aliphatic heterocycles. The van der Waals surface area contributed by atoms with Gasteiger partial charge in [-0.05, 0) is 31.2 Å². The van der Waals surface area contributed by atoms with Crippen LogP contribution in [-0.4, -0.2) is 42.1 Å². The van der Waals surface area contributed by atoms with Gasteiger partial charge in [0.05, 0.1) is 26.2 Å². The van der Waals surface area contributed by atoms with E-state index >= 15 is 0 Å². The number of aromatic hydroxyl groups is 1. The van der Waals surface area contributed by atoms with Crippen LogP contribution in [0, 0.1) is 6.92 Å². The molecule has 2 heterocycles. The van der Waals surface area contributed by atoms with E-state index in [4.69, 9.17) is 4.42 Å². The molecule has 3 aromatic rings. The summed E-state index contributed by atoms with van der Waals surface area (Å²) >= 11 is 0. The summed E-state index contributed by atoms with van der Waals surface area (Å²) in [5, 5.41) is 10.7. The number of phenols is 1. The molecular formula is C22H23N2O4+. The topological polar surface area (TPSA) is 75.2 Å². The molecule has 1 saturated heterocycles. The quantitative estimate of drug-likeness (QED) is 0.674. The second kappa shape index (κ2) is 7.48. The van der Waals surface area contributed by atoms with Crippen molar-refractivity contribution in [1.82, 2.24) is 4.90 Å². The third kappa shape index (κ3) is 3.51. The number of amides is 1. The second-order valence-corrected chi connectivity index (χ2v) is 7.26. The molecule has 0 spiro atoms. The van der Waals surface area contributed by atoms with Gasteiger partial charge < -0.3 is 19.3 Å². The van der Waals surface area contributed by atoms with Gasteiger partial charge in [0, 0.05) is 28.1 Å². The third-order valence-electron chi connectivity index (χ3n) is 5.44. The molecule has 0 unspecified atom stereocenters. The zero-order valence-corrected chi connectivity index (χ0v) is 15.8. The van der Waals surface area contributed by atoms with E-state index in [0.29, 0.717) is 36.3 Å². The normalized spacial score (nSPS) is 15.1. The molecule has 0 bridgehead atoms. The molecule has 0 radical (unpaired) electrons. The average molecular weight is 379 g/mol. The van der Waals surface area contributed by atoms with E-state index in [9.17, 15) is 14.7 Å². The Labute approximate surface area is 162 Å². The van der Waals surface area contributed by atoms with Crippen LogP contribution in [0.5, 0.6) is 5.75 Å². The van der Waals surface area contributed by atoms with Crippen molar-refractivity contribution in [3.63, 3.8) is 0 Å². The lowest BCUT2D eigenvalue weighted by Crippen LogP contribution is -3.13. The molecule has 1 amide bonds. The molecule has 6 nitrogen and oxygen atoms in total. The summed E-state index contributed by atoms with van der Waals surface area (Å²) < 4.78 is 5.32. The van der Waals surface area contributed by atoms with E-state index in [1.54, 1.807) is 19.1 Å². The van der Waals surface area contributed by atoms with E-state index in [-0.39, 0.29) is 11.7 Å². The first-order valence-electron chi connectivity index (χ1n) is 9.46. The van der Waals surface area contributed by atoms with Gasteiger partial charge in [0.1, 0.15) is 17.9 Å². The Balaban J connectivity index is 1.49. The minimum absolute atomic E-state index is 0.0663. The average Bonchev–Trinajstić information content (AvgIpc) is 2.72. The van der Waals surface area contributed by atoms with Crippen molar-refractivity contribution in [2.24, 2.45) is 0 Å². The van der Waals surface area contributed by atoms with Crippen LogP contribution in [-0.2, 0) is 6.54 Å². The zero-order valence-electron chi connectivity index (χ0n) is 15.8. The fourth-order valence-corrected chi connectivity index (χ4v) is 3.80. The molecule has 4 rings (SSSR count). The second-order valence-electron chi connectivity index (χ2n) is 7.26. The number of carbonyl (C=O) groups is 1. The number of piperazine rings is 1. The number of quaternary nitrogens is 1. The zero-order chi connectivity index (χ0) is 19.7. The molecule has 1 aromatic heterocycles. The van der Waals surface area contributed by atoms with Crippen LogP contribution >= 0.6 is 0 Å². The molecular weight excluding hydrogens is 356 g/mol. The summed E-state index contributed by atoms with van der Waals surface area (Å²) in [6.07, 6.45) is 0. The number of fused-ring (bicyclic) bond motifs is 1. The highest BCUT2D eigenvalue weighted by molar-refractivity contribution is 5.94. The Morgan fingerprint density at radius 1 is 1.14 bits per heavy atom. The smallest absolute Gasteiger partial charge is 0.336 e. The number of rotatable bonds is 3. The number of carbonyl (C=O) groups excluding carboxylic acids is 1. The maximum absolute atomic E-state index is 12.6. The molecule has 28 heavy (non-hydrogen) atoms. The Hall–Kier alpha value is -3.12. The van der Waals surface area contributed by atoms with Gasteiger partial charge in [-0.25, -0.2) is 4.79 Å². The maximum atomic E-state index is 12.6. The van der Waals surface area contributed by atoms with Gasteiger partial charge in [-0.2, -0.15) is 0 Å². The Kier molecular flexibility index (Phi) is 4.88. The Morgan fingerprint density at radius 2 is 1.86 bits per heavy atom. The largest absolute Gasteiger partial charge is 0.508 e. The van der Waals surface area contributed by atoms with Gasteiger partial charge in [-0.15, -0.1) is 0 Å². The lowest BCUT2D eigenvalue weighted by molar-refractivity contribution is -0.917. The van der Waals surface area contributed by atoms with Gasteiger partial charge in [0.15, 0.2) is 0 Å². The number of aryl methyl sites for hydroxylation is 1. The summed E-state index contributed by atoms with van der Waals surface area (Å²) in [6.45, 7) is 5.42. The third-order valence-corrected chi connectivity index (χ3v) is 5.44. The molecule has 0 saturated carbocycles. The highest BCUT2D eigenvalue weighted by Gasteiger charge is 2.25. The van der Waals surface area contributed by atoms with Crippen molar-refractivity contribution in [2.75, 3.05) is 26.2 Å². The van der Waals surface area contributed by atoms with Crippen LogP contribution in [0.25, 0.3) is 11.0 Å². The van der Waals surface area contributed by atoms with Crippen LogP contribution in [0.3, 0.4) is 0 Å². The highest BCUT2D eigenvalue weighted by Crippen LogP contribution is 2.27. The summed E-state index contributed by atoms with van der Waals surface area (Å²) in [6, 6.07) is 14.3. The number of hydrogen-bond acceptors (Lipinski definition) is 4. The van der Waals surface area contributed by atoms with E-state index in [1.165, 1.54) is 11.0 Å². The molecule has 144 valence electrons. The first kappa shape index (κ1) is 18.3. The number of phenolic OH excluding ortho intramolecular Hbond substituents is 1. The van der Waals surface area contributed by atoms with E-state index in [0.717, 1.165) is 24.0 Å². The van der Waals surface area contributed by atoms with Gasteiger partial charge in [0.25, 0.3) is 5.91 Å².